The van der Waals surface area contributed by atoms with Crippen LogP contribution < -0.4 is 10.6 Å². The lowest BCUT2D eigenvalue weighted by Crippen LogP contribution is -2.45. The summed E-state index contributed by atoms with van der Waals surface area (Å²) in [5, 5.41) is 0. The van der Waals surface area contributed by atoms with Crippen molar-refractivity contribution >= 4 is 11.5 Å². The second-order valence-electron chi connectivity index (χ2n) is 4.61. The lowest BCUT2D eigenvalue weighted by Gasteiger charge is -2.36. The number of likely N-dealkylation sites (N-methyl/N-ethyl adjacent to an activating group) is 2. The molecule has 0 spiro atoms. The molecule has 1 aliphatic heterocycles. The summed E-state index contributed by atoms with van der Waals surface area (Å²) in [6, 6.07) is 4.49. The van der Waals surface area contributed by atoms with Crippen LogP contribution in [0.1, 0.15) is 12.8 Å². The Hall–Kier alpha value is -1.29. The van der Waals surface area contributed by atoms with Gasteiger partial charge in [0.25, 0.3) is 0 Å². The zero-order valence-corrected chi connectivity index (χ0v) is 10.1. The van der Waals surface area contributed by atoms with Gasteiger partial charge in [0.15, 0.2) is 0 Å². The van der Waals surface area contributed by atoms with Gasteiger partial charge in [-0.15, -0.1) is 0 Å². The van der Waals surface area contributed by atoms with Gasteiger partial charge >= 0.3 is 0 Å². The monoisotopic (exact) mass is 220 g/mol. The van der Waals surface area contributed by atoms with Crippen LogP contribution in [-0.2, 0) is 0 Å². The molecule has 2 N–H and O–H groups in total. The molecule has 0 aliphatic carbocycles. The Morgan fingerprint density at radius 2 is 2.31 bits per heavy atom. The lowest BCUT2D eigenvalue weighted by molar-refractivity contribution is 0.248. The number of hydrogen-bond acceptors (Lipinski definition) is 4. The third-order valence-corrected chi connectivity index (χ3v) is 3.33. The summed E-state index contributed by atoms with van der Waals surface area (Å²) in [5.74, 6) is 0.581. The van der Waals surface area contributed by atoms with Crippen molar-refractivity contribution in [3.8, 4) is 0 Å². The molecule has 2 heterocycles. The van der Waals surface area contributed by atoms with Gasteiger partial charge in [-0.3, -0.25) is 0 Å². The molecule has 1 unspecified atom stereocenters. The Balaban J connectivity index is 2.06. The average Bonchev–Trinajstić information content (AvgIpc) is 2.29. The van der Waals surface area contributed by atoms with E-state index in [1.165, 1.54) is 19.4 Å². The fourth-order valence-electron chi connectivity index (χ4n) is 2.27. The minimum Gasteiger partial charge on any atom is -0.384 e. The Kier molecular flexibility index (Phi) is 3.29. The summed E-state index contributed by atoms with van der Waals surface area (Å²) < 4.78 is 0. The van der Waals surface area contributed by atoms with E-state index in [0.717, 1.165) is 12.2 Å². The third kappa shape index (κ3) is 2.44. The van der Waals surface area contributed by atoms with Crippen molar-refractivity contribution in [2.24, 2.45) is 0 Å². The van der Waals surface area contributed by atoms with Crippen molar-refractivity contribution in [1.82, 2.24) is 9.88 Å². The van der Waals surface area contributed by atoms with Gasteiger partial charge < -0.3 is 15.5 Å². The molecular formula is C12H20N4. The molecule has 1 aliphatic rings. The van der Waals surface area contributed by atoms with Gasteiger partial charge in [0.1, 0.15) is 5.82 Å². The standard InChI is InChI=1S/C12H20N4/c1-15-7-3-4-11(9-15)16(2)10-5-6-12(13)14-8-10/h5-6,8,11H,3-4,7,9H2,1-2H3,(H2,13,14). The number of aromatic nitrogens is 1. The number of piperidine rings is 1. The largest absolute Gasteiger partial charge is 0.384 e. The molecule has 1 aromatic heterocycles. The van der Waals surface area contributed by atoms with Crippen LogP contribution in [0.25, 0.3) is 0 Å². The minimum absolute atomic E-state index is 0.581. The van der Waals surface area contributed by atoms with Gasteiger partial charge in [-0.1, -0.05) is 0 Å². The highest BCUT2D eigenvalue weighted by Crippen LogP contribution is 2.20. The molecule has 1 aromatic rings. The second-order valence-corrected chi connectivity index (χ2v) is 4.61. The fourth-order valence-corrected chi connectivity index (χ4v) is 2.27. The van der Waals surface area contributed by atoms with Crippen LogP contribution in [0.5, 0.6) is 0 Å². The normalized spacial score (nSPS) is 22.0. The van der Waals surface area contributed by atoms with E-state index in [9.17, 15) is 0 Å². The quantitative estimate of drug-likeness (QED) is 0.813. The first kappa shape index (κ1) is 11.2. The van der Waals surface area contributed by atoms with E-state index in [1.54, 1.807) is 0 Å². The summed E-state index contributed by atoms with van der Waals surface area (Å²) >= 11 is 0. The van der Waals surface area contributed by atoms with Gasteiger partial charge in [-0.05, 0) is 38.6 Å². The molecule has 1 fully saturated rings. The first-order valence-corrected chi connectivity index (χ1v) is 5.80. The fraction of sp³-hybridized carbons (Fsp3) is 0.583. The van der Waals surface area contributed by atoms with E-state index in [2.05, 4.69) is 28.9 Å². The van der Waals surface area contributed by atoms with E-state index >= 15 is 0 Å². The average molecular weight is 220 g/mol. The Labute approximate surface area is 97.1 Å². The van der Waals surface area contributed by atoms with Crippen molar-refractivity contribution in [1.29, 1.82) is 0 Å². The molecule has 0 amide bonds. The number of nitrogens with zero attached hydrogens (tertiary/aromatic N) is 3. The van der Waals surface area contributed by atoms with Crippen LogP contribution in [0.2, 0.25) is 0 Å². The van der Waals surface area contributed by atoms with Crippen LogP contribution in [-0.4, -0.2) is 43.1 Å². The van der Waals surface area contributed by atoms with E-state index in [-0.39, 0.29) is 0 Å². The number of rotatable bonds is 2. The van der Waals surface area contributed by atoms with Crippen LogP contribution in [0.4, 0.5) is 11.5 Å². The van der Waals surface area contributed by atoms with Crippen molar-refractivity contribution in [3.05, 3.63) is 18.3 Å². The van der Waals surface area contributed by atoms with E-state index < -0.39 is 0 Å². The molecule has 4 nitrogen and oxygen atoms in total. The predicted octanol–water partition coefficient (Wildman–Crippen LogP) is 1.19. The van der Waals surface area contributed by atoms with Gasteiger partial charge in [0.2, 0.25) is 0 Å². The lowest BCUT2D eigenvalue weighted by atomic mass is 10.0. The highest BCUT2D eigenvalue weighted by atomic mass is 15.2. The van der Waals surface area contributed by atoms with Crippen LogP contribution in [0.3, 0.4) is 0 Å². The zero-order valence-electron chi connectivity index (χ0n) is 10.1. The number of hydrogen-bond donors (Lipinski definition) is 1. The van der Waals surface area contributed by atoms with Crippen molar-refractivity contribution in [2.75, 3.05) is 37.8 Å². The molecule has 1 saturated heterocycles. The van der Waals surface area contributed by atoms with Crippen molar-refractivity contribution in [2.45, 2.75) is 18.9 Å². The SMILES string of the molecule is CN1CCCC(N(C)c2ccc(N)nc2)C1. The number of nitrogens with two attached hydrogens (primary N) is 1. The van der Waals surface area contributed by atoms with Crippen molar-refractivity contribution in [3.63, 3.8) is 0 Å². The first-order chi connectivity index (χ1) is 7.66. The summed E-state index contributed by atoms with van der Waals surface area (Å²) in [4.78, 5) is 8.83. The smallest absolute Gasteiger partial charge is 0.123 e. The van der Waals surface area contributed by atoms with Gasteiger partial charge in [-0.2, -0.15) is 0 Å². The Bertz CT molecular complexity index is 335. The van der Waals surface area contributed by atoms with E-state index in [0.29, 0.717) is 11.9 Å². The second kappa shape index (κ2) is 4.70. The zero-order chi connectivity index (χ0) is 11.5. The summed E-state index contributed by atoms with van der Waals surface area (Å²) in [5.41, 5.74) is 6.74. The Morgan fingerprint density at radius 1 is 1.50 bits per heavy atom. The molecule has 0 bridgehead atoms. The maximum atomic E-state index is 5.59. The summed E-state index contributed by atoms with van der Waals surface area (Å²) in [7, 11) is 4.32. The number of anilines is 2. The number of likely N-dealkylation sites (tertiary alicyclic amines) is 1. The van der Waals surface area contributed by atoms with Gasteiger partial charge in [0, 0.05) is 19.6 Å². The molecule has 1 atom stereocenters. The van der Waals surface area contributed by atoms with Gasteiger partial charge in [0.05, 0.1) is 11.9 Å². The maximum Gasteiger partial charge on any atom is 0.123 e. The topological polar surface area (TPSA) is 45.4 Å². The van der Waals surface area contributed by atoms with Crippen LogP contribution in [0.15, 0.2) is 18.3 Å². The van der Waals surface area contributed by atoms with Crippen LogP contribution in [0, 0.1) is 0 Å². The summed E-state index contributed by atoms with van der Waals surface area (Å²) in [6.45, 7) is 2.34. The van der Waals surface area contributed by atoms with Crippen molar-refractivity contribution < 1.29 is 0 Å². The number of nitrogen functional groups attached to an aromatic ring is 1. The first-order valence-electron chi connectivity index (χ1n) is 5.80. The third-order valence-electron chi connectivity index (χ3n) is 3.33. The van der Waals surface area contributed by atoms with E-state index in [4.69, 9.17) is 5.73 Å². The van der Waals surface area contributed by atoms with Crippen LogP contribution >= 0.6 is 0 Å². The Morgan fingerprint density at radius 3 is 2.94 bits per heavy atom. The molecule has 88 valence electrons. The highest BCUT2D eigenvalue weighted by molar-refractivity contribution is 5.48. The molecule has 0 saturated carbocycles. The molecule has 4 heteroatoms. The van der Waals surface area contributed by atoms with Gasteiger partial charge in [-0.25, -0.2) is 4.98 Å². The van der Waals surface area contributed by atoms with E-state index in [1.807, 2.05) is 18.3 Å². The minimum atomic E-state index is 0.581. The highest BCUT2D eigenvalue weighted by Gasteiger charge is 2.21. The maximum absolute atomic E-state index is 5.59. The predicted molar refractivity (Wildman–Crippen MR) is 67.6 cm³/mol. The molecule has 2 rings (SSSR count). The summed E-state index contributed by atoms with van der Waals surface area (Å²) in [6.07, 6.45) is 4.38. The molecule has 0 aromatic carbocycles. The molecule has 0 radical (unpaired) electrons. The molecule has 16 heavy (non-hydrogen) atoms. The molecular weight excluding hydrogens is 200 g/mol. The number of pyridine rings is 1.